The molecule has 0 aliphatic carbocycles. The molecule has 92 valence electrons. The Bertz CT molecular complexity index is 506. The molecule has 1 nitrogen and oxygen atoms in total. The molecule has 0 saturated carbocycles. The zero-order chi connectivity index (χ0) is 12.4. The highest BCUT2D eigenvalue weighted by Gasteiger charge is 2.22. The second-order valence-corrected chi connectivity index (χ2v) is 6.81. The maximum absolute atomic E-state index is 6.37. The molecule has 0 saturated heterocycles. The van der Waals surface area contributed by atoms with Crippen LogP contribution in [0.2, 0.25) is 5.02 Å². The van der Waals surface area contributed by atoms with Crippen molar-refractivity contribution in [2.75, 3.05) is 6.54 Å². The van der Waals surface area contributed by atoms with Crippen LogP contribution < -0.4 is 5.32 Å². The van der Waals surface area contributed by atoms with E-state index >= 15 is 0 Å². The lowest BCUT2D eigenvalue weighted by atomic mass is 10.2. The number of hydrogen-bond acceptors (Lipinski definition) is 3. The van der Waals surface area contributed by atoms with Crippen LogP contribution in [0, 0.1) is 6.92 Å². The monoisotopic (exact) mass is 349 g/mol. The first-order valence-electron chi connectivity index (χ1n) is 5.34. The Morgan fingerprint density at radius 3 is 2.65 bits per heavy atom. The molecule has 0 bridgehead atoms. The Morgan fingerprint density at radius 1 is 1.41 bits per heavy atom. The summed E-state index contributed by atoms with van der Waals surface area (Å²) in [6.07, 6.45) is 0. The average molecular weight is 351 g/mol. The molecule has 17 heavy (non-hydrogen) atoms. The van der Waals surface area contributed by atoms with Gasteiger partial charge in [0.15, 0.2) is 0 Å². The maximum Gasteiger partial charge on any atom is 0.0791 e. The second-order valence-electron chi connectivity index (χ2n) is 3.72. The van der Waals surface area contributed by atoms with Crippen molar-refractivity contribution in [3.05, 3.63) is 41.6 Å². The fourth-order valence-corrected chi connectivity index (χ4v) is 4.81. The van der Waals surface area contributed by atoms with Crippen molar-refractivity contribution in [1.29, 1.82) is 0 Å². The van der Waals surface area contributed by atoms with E-state index in [1.807, 2.05) is 0 Å². The highest BCUT2D eigenvalue weighted by Crippen LogP contribution is 2.40. The summed E-state index contributed by atoms with van der Waals surface area (Å²) in [6, 6.07) is 2.28. The number of nitrogens with one attached hydrogen (secondary N) is 1. The van der Waals surface area contributed by atoms with Gasteiger partial charge < -0.3 is 5.32 Å². The first-order chi connectivity index (χ1) is 8.15. The first kappa shape index (κ1) is 13.6. The van der Waals surface area contributed by atoms with E-state index in [1.54, 1.807) is 22.7 Å². The van der Waals surface area contributed by atoms with E-state index in [0.717, 1.165) is 21.6 Å². The van der Waals surface area contributed by atoms with E-state index in [-0.39, 0.29) is 6.04 Å². The molecule has 2 heterocycles. The van der Waals surface area contributed by atoms with Gasteiger partial charge in [0.1, 0.15) is 0 Å². The predicted molar refractivity (Wildman–Crippen MR) is 81.6 cm³/mol. The number of hydrogen-bond donors (Lipinski definition) is 1. The van der Waals surface area contributed by atoms with Crippen molar-refractivity contribution < 1.29 is 0 Å². The Morgan fingerprint density at radius 2 is 2.18 bits per heavy atom. The molecule has 2 aromatic rings. The van der Waals surface area contributed by atoms with Crippen molar-refractivity contribution in [1.82, 2.24) is 5.32 Å². The fourth-order valence-electron chi connectivity index (χ4n) is 1.66. The van der Waals surface area contributed by atoms with Crippen LogP contribution in [-0.2, 0) is 0 Å². The minimum Gasteiger partial charge on any atom is -0.305 e. The molecule has 0 aliphatic heterocycles. The standard InChI is InChI=1S/C12H13BrClNS2/c1-3-15-10(11-8(13)4-5-16-11)12-9(14)7(2)6-17-12/h4-6,10,15H,3H2,1-2H3. The lowest BCUT2D eigenvalue weighted by Gasteiger charge is -2.16. The van der Waals surface area contributed by atoms with E-state index in [9.17, 15) is 0 Å². The number of thiophene rings is 2. The summed E-state index contributed by atoms with van der Waals surface area (Å²) in [5.74, 6) is 0. The van der Waals surface area contributed by atoms with Crippen molar-refractivity contribution in [3.63, 3.8) is 0 Å². The minimum absolute atomic E-state index is 0.195. The summed E-state index contributed by atoms with van der Waals surface area (Å²) < 4.78 is 1.15. The van der Waals surface area contributed by atoms with E-state index in [2.05, 4.69) is 51.9 Å². The summed E-state index contributed by atoms with van der Waals surface area (Å²) in [5.41, 5.74) is 1.15. The quantitative estimate of drug-likeness (QED) is 0.796. The van der Waals surface area contributed by atoms with Gasteiger partial charge >= 0.3 is 0 Å². The van der Waals surface area contributed by atoms with Crippen molar-refractivity contribution in [2.45, 2.75) is 19.9 Å². The molecule has 2 aromatic heterocycles. The van der Waals surface area contributed by atoms with Crippen LogP contribution in [-0.4, -0.2) is 6.54 Å². The van der Waals surface area contributed by atoms with Crippen LogP contribution in [0.15, 0.2) is 21.3 Å². The normalized spacial score (nSPS) is 12.9. The smallest absolute Gasteiger partial charge is 0.0791 e. The molecule has 0 fully saturated rings. The third kappa shape index (κ3) is 2.76. The molecule has 2 rings (SSSR count). The van der Waals surface area contributed by atoms with Gasteiger partial charge in [0.05, 0.1) is 11.1 Å². The van der Waals surface area contributed by atoms with Gasteiger partial charge in [0.25, 0.3) is 0 Å². The van der Waals surface area contributed by atoms with Crippen molar-refractivity contribution in [3.8, 4) is 0 Å². The first-order valence-corrected chi connectivity index (χ1v) is 8.28. The predicted octanol–water partition coefficient (Wildman–Crippen LogP) is 5.23. The Balaban J connectivity index is 2.43. The Hall–Kier alpha value is 0.130. The topological polar surface area (TPSA) is 12.0 Å². The lowest BCUT2D eigenvalue weighted by molar-refractivity contribution is 0.647. The fraction of sp³-hybridized carbons (Fsp3) is 0.333. The zero-order valence-corrected chi connectivity index (χ0v) is 13.6. The van der Waals surface area contributed by atoms with Crippen LogP contribution >= 0.6 is 50.2 Å². The van der Waals surface area contributed by atoms with Crippen LogP contribution in [0.4, 0.5) is 0 Å². The number of aryl methyl sites for hydroxylation is 1. The lowest BCUT2D eigenvalue weighted by Crippen LogP contribution is -2.20. The van der Waals surface area contributed by atoms with Gasteiger partial charge in [-0.1, -0.05) is 18.5 Å². The third-order valence-electron chi connectivity index (χ3n) is 2.50. The highest BCUT2D eigenvalue weighted by atomic mass is 79.9. The highest BCUT2D eigenvalue weighted by molar-refractivity contribution is 9.10. The molecule has 0 amide bonds. The van der Waals surface area contributed by atoms with Gasteiger partial charge in [-0.25, -0.2) is 0 Å². The molecule has 0 aromatic carbocycles. The molecule has 1 N–H and O–H groups in total. The summed E-state index contributed by atoms with van der Waals surface area (Å²) in [6.45, 7) is 5.08. The van der Waals surface area contributed by atoms with E-state index < -0.39 is 0 Å². The number of halogens is 2. The Labute approximate surface area is 123 Å². The Kier molecular flexibility index (Phi) is 4.66. The van der Waals surface area contributed by atoms with E-state index in [4.69, 9.17) is 11.6 Å². The summed E-state index contributed by atoms with van der Waals surface area (Å²) in [7, 11) is 0. The third-order valence-corrected chi connectivity index (χ3v) is 6.22. The molecular formula is C12H13BrClNS2. The van der Waals surface area contributed by atoms with Gasteiger partial charge in [0, 0.05) is 14.2 Å². The summed E-state index contributed by atoms with van der Waals surface area (Å²) >= 11 is 13.4. The zero-order valence-electron chi connectivity index (χ0n) is 9.59. The van der Waals surface area contributed by atoms with Crippen LogP contribution in [0.25, 0.3) is 0 Å². The number of rotatable bonds is 4. The van der Waals surface area contributed by atoms with Gasteiger partial charge in [-0.05, 0) is 51.8 Å². The molecule has 0 radical (unpaired) electrons. The molecule has 1 unspecified atom stereocenters. The largest absolute Gasteiger partial charge is 0.305 e. The molecule has 5 heteroatoms. The summed E-state index contributed by atoms with van der Waals surface area (Å²) in [4.78, 5) is 2.49. The van der Waals surface area contributed by atoms with Crippen molar-refractivity contribution >= 4 is 50.2 Å². The minimum atomic E-state index is 0.195. The molecule has 1 atom stereocenters. The van der Waals surface area contributed by atoms with Crippen LogP contribution in [0.1, 0.15) is 28.3 Å². The van der Waals surface area contributed by atoms with Gasteiger partial charge in [-0.15, -0.1) is 22.7 Å². The van der Waals surface area contributed by atoms with Gasteiger partial charge in [-0.3, -0.25) is 0 Å². The van der Waals surface area contributed by atoms with E-state index in [0.29, 0.717) is 0 Å². The van der Waals surface area contributed by atoms with Crippen LogP contribution in [0.3, 0.4) is 0 Å². The van der Waals surface area contributed by atoms with Gasteiger partial charge in [-0.2, -0.15) is 0 Å². The maximum atomic E-state index is 6.37. The van der Waals surface area contributed by atoms with Gasteiger partial charge in [0.2, 0.25) is 0 Å². The molecule has 0 spiro atoms. The SMILES string of the molecule is CCNC(c1sccc1Br)c1scc(C)c1Cl. The van der Waals surface area contributed by atoms with Crippen LogP contribution in [0.5, 0.6) is 0 Å². The van der Waals surface area contributed by atoms with E-state index in [1.165, 1.54) is 9.75 Å². The molecule has 0 aliphatic rings. The average Bonchev–Trinajstić information content (AvgIpc) is 2.85. The summed E-state index contributed by atoms with van der Waals surface area (Å²) in [5, 5.41) is 8.60. The second kappa shape index (κ2) is 5.85. The van der Waals surface area contributed by atoms with Crippen molar-refractivity contribution in [2.24, 2.45) is 0 Å². The molecular weight excluding hydrogens is 338 g/mol.